The minimum Gasteiger partial charge on any atom is -0.481 e. The van der Waals surface area contributed by atoms with Gasteiger partial charge in [-0.15, -0.1) is 0 Å². The number of rotatable bonds is 6. The number of hydrogen-bond acceptors (Lipinski definition) is 4. The third kappa shape index (κ3) is 4.40. The summed E-state index contributed by atoms with van der Waals surface area (Å²) in [5.74, 6) is -1.45. The molecule has 2 unspecified atom stereocenters. The molecule has 1 aromatic rings. The molecule has 0 aliphatic carbocycles. The number of carboxylic acid groups (broad SMARTS) is 1. The van der Waals surface area contributed by atoms with E-state index >= 15 is 0 Å². The van der Waals surface area contributed by atoms with Crippen molar-refractivity contribution >= 4 is 23.5 Å². The first-order valence-electron chi connectivity index (χ1n) is 5.92. The van der Waals surface area contributed by atoms with Gasteiger partial charge < -0.3 is 20.3 Å². The number of aliphatic carboxylic acids is 1. The summed E-state index contributed by atoms with van der Waals surface area (Å²) in [5.41, 5.74) is 0.758. The predicted octanol–water partition coefficient (Wildman–Crippen LogP) is 0.977. The number of benzene rings is 1. The van der Waals surface area contributed by atoms with Gasteiger partial charge in [-0.3, -0.25) is 4.79 Å². The highest BCUT2D eigenvalue weighted by Crippen LogP contribution is 2.22. The number of carbonyl (C=O) groups excluding carboxylic acids is 1. The van der Waals surface area contributed by atoms with Crippen LogP contribution < -0.4 is 10.1 Å². The molecule has 0 aromatic heterocycles. The molecule has 0 radical (unpaired) electrons. The Hall–Kier alpha value is -1.79. The van der Waals surface area contributed by atoms with Gasteiger partial charge in [0.15, 0.2) is 6.10 Å². The number of amides is 1. The van der Waals surface area contributed by atoms with Gasteiger partial charge >= 0.3 is 5.97 Å². The van der Waals surface area contributed by atoms with E-state index in [0.717, 1.165) is 5.56 Å². The number of ether oxygens (including phenoxy) is 1. The molecule has 0 heterocycles. The van der Waals surface area contributed by atoms with Crippen LogP contribution in [0.3, 0.4) is 0 Å². The average molecular weight is 302 g/mol. The van der Waals surface area contributed by atoms with Crippen LogP contribution in [0, 0.1) is 6.92 Å². The predicted molar refractivity (Wildman–Crippen MR) is 72.9 cm³/mol. The number of aryl methyl sites for hydroxylation is 1. The lowest BCUT2D eigenvalue weighted by molar-refractivity contribution is -0.144. The Morgan fingerprint density at radius 2 is 2.10 bits per heavy atom. The van der Waals surface area contributed by atoms with Crippen molar-refractivity contribution in [3.05, 3.63) is 28.8 Å². The van der Waals surface area contributed by atoms with Crippen LogP contribution in [0.5, 0.6) is 5.75 Å². The highest BCUT2D eigenvalue weighted by Gasteiger charge is 2.23. The average Bonchev–Trinajstić information content (AvgIpc) is 2.38. The first-order valence-corrected chi connectivity index (χ1v) is 6.29. The van der Waals surface area contributed by atoms with Gasteiger partial charge in [0.05, 0.1) is 6.61 Å². The zero-order chi connectivity index (χ0) is 15.3. The molecule has 0 fully saturated rings. The lowest BCUT2D eigenvalue weighted by Crippen LogP contribution is -2.48. The third-order valence-electron chi connectivity index (χ3n) is 2.61. The summed E-state index contributed by atoms with van der Waals surface area (Å²) >= 11 is 5.81. The normalized spacial score (nSPS) is 13.4. The van der Waals surface area contributed by atoms with E-state index in [1.54, 1.807) is 25.1 Å². The number of halogens is 1. The third-order valence-corrected chi connectivity index (χ3v) is 2.84. The van der Waals surface area contributed by atoms with Crippen molar-refractivity contribution in [2.45, 2.75) is 26.0 Å². The molecule has 0 saturated carbocycles. The van der Waals surface area contributed by atoms with Gasteiger partial charge in [0.2, 0.25) is 0 Å². The molecule has 1 aromatic carbocycles. The lowest BCUT2D eigenvalue weighted by atomic mass is 10.2. The minimum absolute atomic E-state index is 0.480. The monoisotopic (exact) mass is 301 g/mol. The second kappa shape index (κ2) is 7.12. The van der Waals surface area contributed by atoms with E-state index < -0.39 is 30.6 Å². The summed E-state index contributed by atoms with van der Waals surface area (Å²) in [6, 6.07) is 3.60. The Morgan fingerprint density at radius 3 is 2.60 bits per heavy atom. The Kier molecular flexibility index (Phi) is 5.79. The van der Waals surface area contributed by atoms with Gasteiger partial charge in [0.25, 0.3) is 5.91 Å². The minimum atomic E-state index is -1.35. The largest absolute Gasteiger partial charge is 0.481 e. The van der Waals surface area contributed by atoms with Crippen LogP contribution in [-0.2, 0) is 9.59 Å². The van der Waals surface area contributed by atoms with Gasteiger partial charge in [-0.05, 0) is 37.6 Å². The molecule has 1 rings (SSSR count). The second-order valence-electron chi connectivity index (χ2n) is 4.25. The first-order chi connectivity index (χ1) is 9.35. The zero-order valence-electron chi connectivity index (χ0n) is 11.1. The molecule has 0 bridgehead atoms. The topological polar surface area (TPSA) is 95.9 Å². The van der Waals surface area contributed by atoms with Crippen LogP contribution in [-0.4, -0.2) is 40.8 Å². The van der Waals surface area contributed by atoms with Crippen molar-refractivity contribution in [1.29, 1.82) is 0 Å². The number of aliphatic hydroxyl groups is 1. The Labute approximate surface area is 121 Å². The molecule has 2 atom stereocenters. The van der Waals surface area contributed by atoms with Gasteiger partial charge in [-0.25, -0.2) is 4.79 Å². The summed E-state index contributed by atoms with van der Waals surface area (Å²) in [4.78, 5) is 22.5. The van der Waals surface area contributed by atoms with E-state index in [9.17, 15) is 9.59 Å². The molecular formula is C13H16ClNO5. The molecule has 3 N–H and O–H groups in total. The summed E-state index contributed by atoms with van der Waals surface area (Å²) < 4.78 is 5.44. The van der Waals surface area contributed by atoms with Gasteiger partial charge in [0.1, 0.15) is 11.8 Å². The van der Waals surface area contributed by atoms with Crippen molar-refractivity contribution < 1.29 is 24.5 Å². The van der Waals surface area contributed by atoms with Crippen molar-refractivity contribution in [2.24, 2.45) is 0 Å². The molecule has 0 aliphatic rings. The van der Waals surface area contributed by atoms with Crippen LogP contribution >= 0.6 is 11.6 Å². The van der Waals surface area contributed by atoms with E-state index in [0.29, 0.717) is 10.8 Å². The number of hydrogen-bond donors (Lipinski definition) is 3. The Balaban J connectivity index is 2.68. The molecule has 110 valence electrons. The smallest absolute Gasteiger partial charge is 0.328 e. The quantitative estimate of drug-likeness (QED) is 0.728. The molecule has 6 nitrogen and oxygen atoms in total. The van der Waals surface area contributed by atoms with Crippen LogP contribution in [0.25, 0.3) is 0 Å². The lowest BCUT2D eigenvalue weighted by Gasteiger charge is -2.18. The fourth-order valence-electron chi connectivity index (χ4n) is 1.46. The van der Waals surface area contributed by atoms with Crippen molar-refractivity contribution in [3.8, 4) is 5.75 Å². The van der Waals surface area contributed by atoms with Gasteiger partial charge in [-0.2, -0.15) is 0 Å². The van der Waals surface area contributed by atoms with Gasteiger partial charge in [0, 0.05) is 5.02 Å². The summed E-state index contributed by atoms with van der Waals surface area (Å²) in [6.45, 7) is 2.58. The maximum atomic E-state index is 11.8. The number of aliphatic hydroxyl groups excluding tert-OH is 1. The molecule has 7 heteroatoms. The maximum Gasteiger partial charge on any atom is 0.328 e. The van der Waals surface area contributed by atoms with E-state index in [1.807, 2.05) is 0 Å². The van der Waals surface area contributed by atoms with E-state index in [-0.39, 0.29) is 0 Å². The first kappa shape index (κ1) is 16.3. The second-order valence-corrected chi connectivity index (χ2v) is 4.69. The van der Waals surface area contributed by atoms with E-state index in [1.165, 1.54) is 6.92 Å². The summed E-state index contributed by atoms with van der Waals surface area (Å²) in [5, 5.41) is 20.3. The number of carboxylic acids is 1. The molecule has 0 spiro atoms. The molecule has 20 heavy (non-hydrogen) atoms. The van der Waals surface area contributed by atoms with Crippen molar-refractivity contribution in [2.75, 3.05) is 6.61 Å². The fraction of sp³-hybridized carbons (Fsp3) is 0.385. The standard InChI is InChI=1S/C13H16ClNO5/c1-7-5-9(14)3-4-11(7)20-8(2)12(17)15-10(6-16)13(18)19/h3-5,8,10,16H,6H2,1-2H3,(H,15,17)(H,18,19). The highest BCUT2D eigenvalue weighted by molar-refractivity contribution is 6.30. The number of nitrogens with one attached hydrogen (secondary N) is 1. The van der Waals surface area contributed by atoms with E-state index in [2.05, 4.69) is 5.32 Å². The summed E-state index contributed by atoms with van der Waals surface area (Å²) in [7, 11) is 0. The van der Waals surface area contributed by atoms with Crippen molar-refractivity contribution in [3.63, 3.8) is 0 Å². The van der Waals surface area contributed by atoms with Crippen LogP contribution in [0.4, 0.5) is 0 Å². The zero-order valence-corrected chi connectivity index (χ0v) is 11.8. The molecule has 1 amide bonds. The Morgan fingerprint density at radius 1 is 1.45 bits per heavy atom. The fourth-order valence-corrected chi connectivity index (χ4v) is 1.69. The summed E-state index contributed by atoms with van der Waals surface area (Å²) in [6.07, 6.45) is -0.900. The number of carbonyl (C=O) groups is 2. The van der Waals surface area contributed by atoms with Crippen LogP contribution in [0.1, 0.15) is 12.5 Å². The van der Waals surface area contributed by atoms with Crippen LogP contribution in [0.2, 0.25) is 5.02 Å². The highest BCUT2D eigenvalue weighted by atomic mass is 35.5. The molecule has 0 saturated heterocycles. The maximum absolute atomic E-state index is 11.8. The molecular weight excluding hydrogens is 286 g/mol. The van der Waals surface area contributed by atoms with E-state index in [4.69, 9.17) is 26.6 Å². The van der Waals surface area contributed by atoms with Crippen molar-refractivity contribution in [1.82, 2.24) is 5.32 Å². The Bertz CT molecular complexity index is 506. The van der Waals surface area contributed by atoms with Crippen LogP contribution in [0.15, 0.2) is 18.2 Å². The molecule has 0 aliphatic heterocycles. The van der Waals surface area contributed by atoms with Gasteiger partial charge in [-0.1, -0.05) is 11.6 Å². The SMILES string of the molecule is Cc1cc(Cl)ccc1OC(C)C(=O)NC(CO)C(=O)O.